The topological polar surface area (TPSA) is 59.6 Å². The normalized spacial score (nSPS) is 13.7. The first kappa shape index (κ1) is 14.4. The average molecular weight is 298 g/mol. The highest BCUT2D eigenvalue weighted by atomic mass is 16.7. The highest BCUT2D eigenvalue weighted by molar-refractivity contribution is 5.94. The molecule has 2 N–H and O–H groups in total. The fraction of sp³-hybridized carbons (Fsp3) is 0.235. The van der Waals surface area contributed by atoms with Gasteiger partial charge in [0.1, 0.15) is 0 Å². The molecule has 2 aromatic carbocycles. The SMILES string of the molecule is CC(NCc1ccc2c(c1)OCO2)C(=O)Nc1ccccc1. The van der Waals surface area contributed by atoms with E-state index in [1.54, 1.807) is 0 Å². The van der Waals surface area contributed by atoms with Crippen LogP contribution in [-0.2, 0) is 11.3 Å². The Labute approximate surface area is 129 Å². The maximum atomic E-state index is 12.1. The molecule has 0 fully saturated rings. The molecule has 1 heterocycles. The highest BCUT2D eigenvalue weighted by Crippen LogP contribution is 2.32. The zero-order chi connectivity index (χ0) is 15.4. The van der Waals surface area contributed by atoms with E-state index in [1.165, 1.54) is 0 Å². The summed E-state index contributed by atoms with van der Waals surface area (Å²) < 4.78 is 10.6. The zero-order valence-electron chi connectivity index (χ0n) is 12.3. The monoisotopic (exact) mass is 298 g/mol. The van der Waals surface area contributed by atoms with Crippen LogP contribution in [0.1, 0.15) is 12.5 Å². The summed E-state index contributed by atoms with van der Waals surface area (Å²) in [5, 5.41) is 6.08. The van der Waals surface area contributed by atoms with Crippen LogP contribution in [-0.4, -0.2) is 18.7 Å². The largest absolute Gasteiger partial charge is 0.454 e. The van der Waals surface area contributed by atoms with Crippen molar-refractivity contribution in [1.82, 2.24) is 5.32 Å². The van der Waals surface area contributed by atoms with Gasteiger partial charge in [-0.25, -0.2) is 0 Å². The van der Waals surface area contributed by atoms with Gasteiger partial charge in [-0.15, -0.1) is 0 Å². The molecule has 0 bridgehead atoms. The summed E-state index contributed by atoms with van der Waals surface area (Å²) in [6.45, 7) is 2.69. The lowest BCUT2D eigenvalue weighted by Gasteiger charge is -2.14. The molecule has 1 atom stereocenters. The molecule has 2 aromatic rings. The molecule has 0 radical (unpaired) electrons. The Morgan fingerprint density at radius 3 is 2.73 bits per heavy atom. The first-order valence-corrected chi connectivity index (χ1v) is 7.20. The molecule has 1 unspecified atom stereocenters. The Morgan fingerprint density at radius 1 is 1.14 bits per heavy atom. The van der Waals surface area contributed by atoms with Crippen molar-refractivity contribution in [3.8, 4) is 11.5 Å². The third-order valence-electron chi connectivity index (χ3n) is 3.48. The number of fused-ring (bicyclic) bond motifs is 1. The number of benzene rings is 2. The van der Waals surface area contributed by atoms with E-state index in [2.05, 4.69) is 10.6 Å². The molecule has 0 aliphatic carbocycles. The summed E-state index contributed by atoms with van der Waals surface area (Å²) in [4.78, 5) is 12.1. The van der Waals surface area contributed by atoms with Gasteiger partial charge in [0.25, 0.3) is 0 Å². The molecule has 5 nitrogen and oxygen atoms in total. The van der Waals surface area contributed by atoms with Crippen molar-refractivity contribution in [2.45, 2.75) is 19.5 Å². The maximum Gasteiger partial charge on any atom is 0.241 e. The van der Waals surface area contributed by atoms with E-state index < -0.39 is 0 Å². The maximum absolute atomic E-state index is 12.1. The van der Waals surface area contributed by atoms with Crippen molar-refractivity contribution < 1.29 is 14.3 Å². The lowest BCUT2D eigenvalue weighted by Crippen LogP contribution is -2.37. The first-order chi connectivity index (χ1) is 10.7. The first-order valence-electron chi connectivity index (χ1n) is 7.20. The molecule has 1 aliphatic rings. The molecule has 0 aromatic heterocycles. The number of nitrogens with one attached hydrogen (secondary N) is 2. The minimum Gasteiger partial charge on any atom is -0.454 e. The smallest absolute Gasteiger partial charge is 0.241 e. The van der Waals surface area contributed by atoms with Crippen LogP contribution in [0, 0.1) is 0 Å². The van der Waals surface area contributed by atoms with Gasteiger partial charge < -0.3 is 20.1 Å². The Morgan fingerprint density at radius 2 is 1.91 bits per heavy atom. The van der Waals surface area contributed by atoms with Crippen LogP contribution in [0.15, 0.2) is 48.5 Å². The van der Waals surface area contributed by atoms with Crippen LogP contribution in [0.25, 0.3) is 0 Å². The number of anilines is 1. The summed E-state index contributed by atoms with van der Waals surface area (Å²) in [5.74, 6) is 1.45. The Hall–Kier alpha value is -2.53. The Kier molecular flexibility index (Phi) is 4.25. The number of ether oxygens (including phenoxy) is 2. The minimum atomic E-state index is -0.300. The van der Waals surface area contributed by atoms with Gasteiger partial charge in [0.15, 0.2) is 11.5 Å². The molecule has 0 saturated heterocycles. The quantitative estimate of drug-likeness (QED) is 0.890. The van der Waals surface area contributed by atoms with Gasteiger partial charge in [-0.1, -0.05) is 24.3 Å². The van der Waals surface area contributed by atoms with Gasteiger partial charge in [-0.05, 0) is 36.8 Å². The van der Waals surface area contributed by atoms with Gasteiger partial charge in [-0.2, -0.15) is 0 Å². The van der Waals surface area contributed by atoms with Crippen LogP contribution in [0.2, 0.25) is 0 Å². The molecular weight excluding hydrogens is 280 g/mol. The molecule has 1 aliphatic heterocycles. The second-order valence-corrected chi connectivity index (χ2v) is 5.15. The molecule has 3 rings (SSSR count). The molecule has 0 saturated carbocycles. The van der Waals surface area contributed by atoms with Gasteiger partial charge in [-0.3, -0.25) is 4.79 Å². The summed E-state index contributed by atoms with van der Waals surface area (Å²) in [5.41, 5.74) is 1.84. The summed E-state index contributed by atoms with van der Waals surface area (Å²) in [6.07, 6.45) is 0. The average Bonchev–Trinajstić information content (AvgIpc) is 3.01. The fourth-order valence-electron chi connectivity index (χ4n) is 2.19. The van der Waals surface area contributed by atoms with Gasteiger partial charge >= 0.3 is 0 Å². The summed E-state index contributed by atoms with van der Waals surface area (Å²) in [7, 11) is 0. The third kappa shape index (κ3) is 3.38. The number of para-hydroxylation sites is 1. The standard InChI is InChI=1S/C17H18N2O3/c1-12(17(20)19-14-5-3-2-4-6-14)18-10-13-7-8-15-16(9-13)22-11-21-15/h2-9,12,18H,10-11H2,1H3,(H,19,20). The molecule has 0 spiro atoms. The predicted molar refractivity (Wildman–Crippen MR) is 83.9 cm³/mol. The zero-order valence-corrected chi connectivity index (χ0v) is 12.3. The minimum absolute atomic E-state index is 0.0630. The lowest BCUT2D eigenvalue weighted by atomic mass is 10.2. The molecule has 114 valence electrons. The van der Waals surface area contributed by atoms with Crippen molar-refractivity contribution in [1.29, 1.82) is 0 Å². The fourth-order valence-corrected chi connectivity index (χ4v) is 2.19. The van der Waals surface area contributed by atoms with Crippen LogP contribution >= 0.6 is 0 Å². The van der Waals surface area contributed by atoms with Crippen molar-refractivity contribution in [2.75, 3.05) is 12.1 Å². The van der Waals surface area contributed by atoms with Crippen LogP contribution in [0.5, 0.6) is 11.5 Å². The summed E-state index contributed by atoms with van der Waals surface area (Å²) >= 11 is 0. The van der Waals surface area contributed by atoms with E-state index in [0.717, 1.165) is 22.7 Å². The number of hydrogen-bond donors (Lipinski definition) is 2. The number of amides is 1. The molecule has 1 amide bonds. The number of carbonyl (C=O) groups excluding carboxylic acids is 1. The van der Waals surface area contributed by atoms with Crippen LogP contribution in [0.3, 0.4) is 0 Å². The van der Waals surface area contributed by atoms with Gasteiger partial charge in [0.2, 0.25) is 12.7 Å². The lowest BCUT2D eigenvalue weighted by molar-refractivity contribution is -0.117. The number of rotatable bonds is 5. The van der Waals surface area contributed by atoms with E-state index in [9.17, 15) is 4.79 Å². The second kappa shape index (κ2) is 6.49. The van der Waals surface area contributed by atoms with E-state index in [4.69, 9.17) is 9.47 Å². The van der Waals surface area contributed by atoms with Gasteiger partial charge in [0.05, 0.1) is 6.04 Å². The predicted octanol–water partition coefficient (Wildman–Crippen LogP) is 2.53. The summed E-state index contributed by atoms with van der Waals surface area (Å²) in [6, 6.07) is 14.9. The third-order valence-corrected chi connectivity index (χ3v) is 3.48. The van der Waals surface area contributed by atoms with E-state index >= 15 is 0 Å². The number of carbonyl (C=O) groups is 1. The number of hydrogen-bond acceptors (Lipinski definition) is 4. The van der Waals surface area contributed by atoms with E-state index in [-0.39, 0.29) is 18.7 Å². The highest BCUT2D eigenvalue weighted by Gasteiger charge is 2.15. The Bertz CT molecular complexity index is 658. The van der Waals surface area contributed by atoms with Crippen molar-refractivity contribution >= 4 is 11.6 Å². The van der Waals surface area contributed by atoms with Crippen LogP contribution in [0.4, 0.5) is 5.69 Å². The molecular formula is C17H18N2O3. The second-order valence-electron chi connectivity index (χ2n) is 5.15. The van der Waals surface area contributed by atoms with Crippen LogP contribution < -0.4 is 20.1 Å². The van der Waals surface area contributed by atoms with Crippen molar-refractivity contribution in [3.05, 3.63) is 54.1 Å². The van der Waals surface area contributed by atoms with Crippen molar-refractivity contribution in [3.63, 3.8) is 0 Å². The van der Waals surface area contributed by atoms with E-state index in [1.807, 2.05) is 55.5 Å². The van der Waals surface area contributed by atoms with Crippen molar-refractivity contribution in [2.24, 2.45) is 0 Å². The van der Waals surface area contributed by atoms with E-state index in [0.29, 0.717) is 6.54 Å². The van der Waals surface area contributed by atoms with Gasteiger partial charge in [0, 0.05) is 12.2 Å². The molecule has 22 heavy (non-hydrogen) atoms. The molecule has 5 heteroatoms. The Balaban J connectivity index is 1.53.